The lowest BCUT2D eigenvalue weighted by molar-refractivity contribution is -0.133. The number of ether oxygens (including phenoxy) is 1. The molecule has 0 aliphatic rings. The van der Waals surface area contributed by atoms with Gasteiger partial charge in [-0.15, -0.1) is 0 Å². The van der Waals surface area contributed by atoms with Gasteiger partial charge >= 0.3 is 5.97 Å². The van der Waals surface area contributed by atoms with Crippen molar-refractivity contribution in [3.8, 4) is 0 Å². The predicted octanol–water partition coefficient (Wildman–Crippen LogP) is 3.26. The second kappa shape index (κ2) is 11.5. The summed E-state index contributed by atoms with van der Waals surface area (Å²) in [6, 6.07) is 10.9. The van der Waals surface area contributed by atoms with E-state index >= 15 is 0 Å². The predicted molar refractivity (Wildman–Crippen MR) is 123 cm³/mol. The van der Waals surface area contributed by atoms with Crippen LogP contribution < -0.4 is 10.5 Å². The third kappa shape index (κ3) is 6.04. The van der Waals surface area contributed by atoms with Gasteiger partial charge in [-0.25, -0.2) is 19.6 Å². The molecule has 178 valence electrons. The Balaban J connectivity index is 1.64. The number of hydrogen-bond donors (Lipinski definition) is 1. The quantitative estimate of drug-likeness (QED) is 0.265. The van der Waals surface area contributed by atoms with Gasteiger partial charge in [-0.2, -0.15) is 5.06 Å². The van der Waals surface area contributed by atoms with Crippen LogP contribution in [-0.2, 0) is 25.7 Å². The maximum absolute atomic E-state index is 13.6. The molecule has 0 spiro atoms. The summed E-state index contributed by atoms with van der Waals surface area (Å²) in [5, 5.41) is 3.57. The average Bonchev–Trinajstić information content (AvgIpc) is 2.84. The standard InChI is InChI=1S/C23H22ClFN4O5/c1-15(31)28(27-13-18-4-3-5-20(25)22(18)24)8-9-34-29(14-30)21-11-19-10-16(23(32)33-2)6-7-17(19)12-26-21/h3-7,10-12,14,27H,8-9,13H2,1-2H3. The molecule has 0 fully saturated rings. The molecule has 2 aromatic carbocycles. The summed E-state index contributed by atoms with van der Waals surface area (Å²) in [5.74, 6) is -1.16. The van der Waals surface area contributed by atoms with Gasteiger partial charge in [-0.1, -0.05) is 29.8 Å². The molecule has 2 amide bonds. The first-order chi connectivity index (χ1) is 16.3. The van der Waals surface area contributed by atoms with Crippen molar-refractivity contribution in [1.29, 1.82) is 0 Å². The van der Waals surface area contributed by atoms with E-state index in [4.69, 9.17) is 21.2 Å². The molecule has 1 N–H and O–H groups in total. The van der Waals surface area contributed by atoms with Crippen molar-refractivity contribution >= 4 is 46.5 Å². The van der Waals surface area contributed by atoms with E-state index < -0.39 is 11.8 Å². The maximum atomic E-state index is 13.6. The van der Waals surface area contributed by atoms with E-state index in [9.17, 15) is 18.8 Å². The number of amides is 2. The number of hydroxylamine groups is 1. The first kappa shape index (κ1) is 25.0. The summed E-state index contributed by atoms with van der Waals surface area (Å²) in [6.07, 6.45) is 1.98. The summed E-state index contributed by atoms with van der Waals surface area (Å²) in [5.41, 5.74) is 3.70. The topological polar surface area (TPSA) is 101 Å². The van der Waals surface area contributed by atoms with Crippen molar-refractivity contribution < 1.29 is 28.3 Å². The first-order valence-electron chi connectivity index (χ1n) is 10.1. The Morgan fingerprint density at radius 3 is 2.71 bits per heavy atom. The molecule has 1 aromatic heterocycles. The number of hydrazine groups is 1. The van der Waals surface area contributed by atoms with E-state index in [-0.39, 0.29) is 36.4 Å². The number of esters is 1. The lowest BCUT2D eigenvalue weighted by atomic mass is 10.1. The van der Waals surface area contributed by atoms with Crippen LogP contribution in [0.5, 0.6) is 0 Å². The van der Waals surface area contributed by atoms with Crippen LogP contribution in [0.2, 0.25) is 5.02 Å². The number of rotatable bonds is 10. The van der Waals surface area contributed by atoms with Gasteiger partial charge in [0.25, 0.3) is 0 Å². The Bertz CT molecular complexity index is 1210. The summed E-state index contributed by atoms with van der Waals surface area (Å²) in [7, 11) is 1.29. The minimum Gasteiger partial charge on any atom is -0.465 e. The SMILES string of the molecule is COC(=O)c1ccc2cnc(N(C=O)OCCN(NCc3cccc(F)c3Cl)C(C)=O)cc2c1. The number of benzene rings is 2. The fraction of sp³-hybridized carbons (Fsp3) is 0.217. The first-order valence-corrected chi connectivity index (χ1v) is 10.5. The largest absolute Gasteiger partial charge is 0.465 e. The number of nitrogens with one attached hydrogen (secondary N) is 1. The van der Waals surface area contributed by atoms with E-state index in [1.54, 1.807) is 30.3 Å². The minimum absolute atomic E-state index is 0.0281. The molecule has 1 heterocycles. The van der Waals surface area contributed by atoms with Gasteiger partial charge in [0.15, 0.2) is 5.82 Å². The second-order valence-corrected chi connectivity index (χ2v) is 7.46. The van der Waals surface area contributed by atoms with Crippen LogP contribution in [0.25, 0.3) is 10.8 Å². The fourth-order valence-electron chi connectivity index (χ4n) is 3.09. The number of fused-ring (bicyclic) bond motifs is 1. The second-order valence-electron chi connectivity index (χ2n) is 7.08. The maximum Gasteiger partial charge on any atom is 0.337 e. The highest BCUT2D eigenvalue weighted by molar-refractivity contribution is 6.31. The zero-order valence-corrected chi connectivity index (χ0v) is 19.2. The Morgan fingerprint density at radius 2 is 2.00 bits per heavy atom. The number of aromatic nitrogens is 1. The molecule has 0 bridgehead atoms. The zero-order valence-electron chi connectivity index (χ0n) is 18.5. The molecule has 9 nitrogen and oxygen atoms in total. The van der Waals surface area contributed by atoms with E-state index in [1.807, 2.05) is 0 Å². The van der Waals surface area contributed by atoms with E-state index in [0.29, 0.717) is 22.9 Å². The molecule has 34 heavy (non-hydrogen) atoms. The molecular formula is C23H22ClFN4O5. The summed E-state index contributed by atoms with van der Waals surface area (Å²) in [4.78, 5) is 45.0. The number of pyridine rings is 1. The van der Waals surface area contributed by atoms with Crippen LogP contribution in [0, 0.1) is 5.82 Å². The average molecular weight is 489 g/mol. The number of carbonyl (C=O) groups is 3. The van der Waals surface area contributed by atoms with Crippen molar-refractivity contribution in [2.24, 2.45) is 0 Å². The van der Waals surface area contributed by atoms with Gasteiger partial charge < -0.3 is 4.74 Å². The number of hydrogen-bond acceptors (Lipinski definition) is 7. The van der Waals surface area contributed by atoms with Gasteiger partial charge in [0.2, 0.25) is 12.3 Å². The van der Waals surface area contributed by atoms with Gasteiger partial charge in [-0.05, 0) is 35.2 Å². The Morgan fingerprint density at radius 1 is 1.21 bits per heavy atom. The highest BCUT2D eigenvalue weighted by Crippen LogP contribution is 2.21. The molecular weight excluding hydrogens is 467 g/mol. The Kier molecular flexibility index (Phi) is 8.47. The van der Waals surface area contributed by atoms with Crippen molar-refractivity contribution in [1.82, 2.24) is 15.4 Å². The van der Waals surface area contributed by atoms with Crippen LogP contribution in [-0.4, -0.2) is 48.5 Å². The van der Waals surface area contributed by atoms with E-state index in [1.165, 1.54) is 37.4 Å². The normalized spacial score (nSPS) is 10.7. The molecule has 0 saturated carbocycles. The number of anilines is 1. The lowest BCUT2D eigenvalue weighted by Gasteiger charge is -2.24. The molecule has 0 aliphatic carbocycles. The van der Waals surface area contributed by atoms with Gasteiger partial charge in [0.1, 0.15) is 5.82 Å². The molecule has 0 radical (unpaired) electrons. The molecule has 3 aromatic rings. The summed E-state index contributed by atoms with van der Waals surface area (Å²) < 4.78 is 18.3. The zero-order chi connectivity index (χ0) is 24.7. The number of methoxy groups -OCH3 is 1. The molecule has 0 aliphatic heterocycles. The monoisotopic (exact) mass is 488 g/mol. The molecule has 0 atom stereocenters. The minimum atomic E-state index is -0.554. The smallest absolute Gasteiger partial charge is 0.337 e. The number of halogens is 2. The van der Waals surface area contributed by atoms with Crippen LogP contribution in [0.1, 0.15) is 22.8 Å². The van der Waals surface area contributed by atoms with Crippen molar-refractivity contribution in [2.75, 3.05) is 25.3 Å². The summed E-state index contributed by atoms with van der Waals surface area (Å²) >= 11 is 5.94. The van der Waals surface area contributed by atoms with Crippen molar-refractivity contribution in [3.63, 3.8) is 0 Å². The van der Waals surface area contributed by atoms with Crippen LogP contribution >= 0.6 is 11.6 Å². The Labute approximate surface area is 199 Å². The van der Waals surface area contributed by atoms with Crippen LogP contribution in [0.4, 0.5) is 10.2 Å². The van der Waals surface area contributed by atoms with Crippen LogP contribution in [0.3, 0.4) is 0 Å². The van der Waals surface area contributed by atoms with E-state index in [2.05, 4.69) is 10.4 Å². The molecule has 3 rings (SSSR count). The highest BCUT2D eigenvalue weighted by atomic mass is 35.5. The number of carbonyl (C=O) groups excluding carboxylic acids is 3. The number of nitrogens with zero attached hydrogens (tertiary/aromatic N) is 3. The van der Waals surface area contributed by atoms with Crippen LogP contribution in [0.15, 0.2) is 48.7 Å². The Hall–Kier alpha value is -3.60. The van der Waals surface area contributed by atoms with Gasteiger partial charge in [-0.3, -0.25) is 19.4 Å². The fourth-order valence-corrected chi connectivity index (χ4v) is 3.28. The summed E-state index contributed by atoms with van der Waals surface area (Å²) in [6.45, 7) is 1.49. The highest BCUT2D eigenvalue weighted by Gasteiger charge is 2.14. The van der Waals surface area contributed by atoms with Gasteiger partial charge in [0.05, 0.1) is 30.8 Å². The van der Waals surface area contributed by atoms with Crippen molar-refractivity contribution in [3.05, 3.63) is 70.6 Å². The molecule has 0 saturated heterocycles. The molecule has 11 heteroatoms. The third-order valence-corrected chi connectivity index (χ3v) is 5.29. The third-order valence-electron chi connectivity index (χ3n) is 4.87. The van der Waals surface area contributed by atoms with Gasteiger partial charge in [0, 0.05) is 25.1 Å². The van der Waals surface area contributed by atoms with E-state index in [0.717, 1.165) is 10.4 Å². The molecule has 0 unspecified atom stereocenters. The van der Waals surface area contributed by atoms with Crippen molar-refractivity contribution in [2.45, 2.75) is 13.5 Å². The lowest BCUT2D eigenvalue weighted by Crippen LogP contribution is -2.44.